The van der Waals surface area contributed by atoms with Gasteiger partial charge in [-0.25, -0.2) is 0 Å². The fraction of sp³-hybridized carbons (Fsp3) is 0.857. The minimum atomic E-state index is 0.175. The van der Waals surface area contributed by atoms with Gasteiger partial charge in [-0.1, -0.05) is 39.9 Å². The standard InChI is InChI=1S/C14H26N2OS/c1-10(14(2,3)4)9-13(17)16(11-5-6-11)8-7-12(15)18/h10-11H,5-9H2,1-4H3,(H2,15,18). The molecular weight excluding hydrogens is 244 g/mol. The number of hydrogen-bond acceptors (Lipinski definition) is 2. The Labute approximate surface area is 116 Å². The maximum Gasteiger partial charge on any atom is 0.223 e. The van der Waals surface area contributed by atoms with Crippen LogP contribution in [0.15, 0.2) is 0 Å². The number of nitrogens with two attached hydrogens (primary N) is 1. The van der Waals surface area contributed by atoms with Crippen molar-refractivity contribution in [3.05, 3.63) is 0 Å². The van der Waals surface area contributed by atoms with Gasteiger partial charge in [0.25, 0.3) is 0 Å². The van der Waals surface area contributed by atoms with Crippen molar-refractivity contribution in [2.45, 2.75) is 59.4 Å². The SMILES string of the molecule is CC(CC(=O)N(CCC(N)=S)C1CC1)C(C)(C)C. The molecule has 4 heteroatoms. The van der Waals surface area contributed by atoms with Gasteiger partial charge in [0.1, 0.15) is 0 Å². The Kier molecular flexibility index (Phi) is 5.14. The number of carbonyl (C=O) groups is 1. The summed E-state index contributed by atoms with van der Waals surface area (Å²) in [7, 11) is 0. The quantitative estimate of drug-likeness (QED) is 0.755. The molecule has 0 heterocycles. The number of nitrogens with zero attached hydrogens (tertiary/aromatic N) is 1. The van der Waals surface area contributed by atoms with Crippen molar-refractivity contribution in [2.75, 3.05) is 6.54 Å². The maximum absolute atomic E-state index is 12.3. The lowest BCUT2D eigenvalue weighted by Gasteiger charge is -2.30. The van der Waals surface area contributed by atoms with Gasteiger partial charge < -0.3 is 10.6 Å². The van der Waals surface area contributed by atoms with Crippen molar-refractivity contribution < 1.29 is 4.79 Å². The molecule has 2 N–H and O–H groups in total. The van der Waals surface area contributed by atoms with Crippen LogP contribution in [0.3, 0.4) is 0 Å². The summed E-state index contributed by atoms with van der Waals surface area (Å²) in [6.45, 7) is 9.39. The highest BCUT2D eigenvalue weighted by molar-refractivity contribution is 7.80. The van der Waals surface area contributed by atoms with Gasteiger partial charge in [0, 0.05) is 25.4 Å². The Morgan fingerprint density at radius 2 is 2.00 bits per heavy atom. The van der Waals surface area contributed by atoms with Crippen molar-refractivity contribution in [2.24, 2.45) is 17.1 Å². The summed E-state index contributed by atoms with van der Waals surface area (Å²) < 4.78 is 0. The van der Waals surface area contributed by atoms with E-state index in [2.05, 4.69) is 27.7 Å². The zero-order valence-electron chi connectivity index (χ0n) is 12.0. The van der Waals surface area contributed by atoms with Gasteiger partial charge in [-0.2, -0.15) is 0 Å². The fourth-order valence-corrected chi connectivity index (χ4v) is 1.90. The second-order valence-corrected chi connectivity index (χ2v) is 7.03. The normalized spacial score (nSPS) is 17.3. The summed E-state index contributed by atoms with van der Waals surface area (Å²) in [5.41, 5.74) is 5.70. The molecule has 1 unspecified atom stereocenters. The van der Waals surface area contributed by atoms with Gasteiger partial charge in [-0.15, -0.1) is 0 Å². The number of carbonyl (C=O) groups excluding carboxylic acids is 1. The van der Waals surface area contributed by atoms with Crippen LogP contribution in [0.25, 0.3) is 0 Å². The Bertz CT molecular complexity index is 318. The highest BCUT2D eigenvalue weighted by Gasteiger charge is 2.34. The molecule has 1 saturated carbocycles. The van der Waals surface area contributed by atoms with E-state index in [9.17, 15) is 4.79 Å². The molecule has 0 aromatic heterocycles. The molecule has 0 saturated heterocycles. The molecule has 1 fully saturated rings. The minimum Gasteiger partial charge on any atom is -0.393 e. The molecule has 0 aromatic carbocycles. The van der Waals surface area contributed by atoms with Crippen LogP contribution < -0.4 is 5.73 Å². The van der Waals surface area contributed by atoms with Crippen LogP contribution >= 0.6 is 12.2 Å². The third kappa shape index (κ3) is 4.92. The molecule has 1 rings (SSSR count). The Balaban J connectivity index is 2.52. The zero-order valence-corrected chi connectivity index (χ0v) is 12.8. The second kappa shape index (κ2) is 6.00. The molecular formula is C14H26N2OS. The lowest BCUT2D eigenvalue weighted by molar-refractivity contribution is -0.133. The Morgan fingerprint density at radius 1 is 1.44 bits per heavy atom. The van der Waals surface area contributed by atoms with E-state index in [-0.39, 0.29) is 11.3 Å². The van der Waals surface area contributed by atoms with Gasteiger partial charge in [-0.05, 0) is 24.2 Å². The first kappa shape index (κ1) is 15.4. The third-order valence-electron chi connectivity index (χ3n) is 3.87. The van der Waals surface area contributed by atoms with E-state index in [0.717, 1.165) is 12.8 Å². The molecule has 1 amide bonds. The van der Waals surface area contributed by atoms with Gasteiger partial charge >= 0.3 is 0 Å². The van der Waals surface area contributed by atoms with Gasteiger partial charge in [0.05, 0.1) is 4.99 Å². The lowest BCUT2D eigenvalue weighted by Crippen LogP contribution is -2.37. The number of thiocarbonyl (C=S) groups is 1. The average Bonchev–Trinajstić information content (AvgIpc) is 3.00. The fourth-order valence-electron chi connectivity index (χ4n) is 1.81. The van der Waals surface area contributed by atoms with E-state index < -0.39 is 0 Å². The van der Waals surface area contributed by atoms with Crippen molar-refractivity contribution in [1.82, 2.24) is 4.90 Å². The summed E-state index contributed by atoms with van der Waals surface area (Å²) in [4.78, 5) is 14.8. The average molecular weight is 270 g/mol. The largest absolute Gasteiger partial charge is 0.393 e. The first-order valence-corrected chi connectivity index (χ1v) is 7.20. The molecule has 1 aliphatic rings. The highest BCUT2D eigenvalue weighted by atomic mass is 32.1. The van der Waals surface area contributed by atoms with Gasteiger partial charge in [0.2, 0.25) is 5.91 Å². The minimum absolute atomic E-state index is 0.175. The summed E-state index contributed by atoms with van der Waals surface area (Å²) in [6, 6.07) is 0.444. The van der Waals surface area contributed by atoms with Crippen LogP contribution in [0.4, 0.5) is 0 Å². The highest BCUT2D eigenvalue weighted by Crippen LogP contribution is 2.32. The van der Waals surface area contributed by atoms with E-state index in [0.29, 0.717) is 36.3 Å². The van der Waals surface area contributed by atoms with Crippen molar-refractivity contribution in [1.29, 1.82) is 0 Å². The van der Waals surface area contributed by atoms with Crippen molar-refractivity contribution >= 4 is 23.1 Å². The van der Waals surface area contributed by atoms with Gasteiger partial charge in [0.15, 0.2) is 0 Å². The molecule has 1 aliphatic carbocycles. The maximum atomic E-state index is 12.3. The van der Waals surface area contributed by atoms with Crippen molar-refractivity contribution in [3.63, 3.8) is 0 Å². The molecule has 18 heavy (non-hydrogen) atoms. The number of hydrogen-bond donors (Lipinski definition) is 1. The van der Waals surface area contributed by atoms with Crippen LogP contribution in [0, 0.1) is 11.3 Å². The van der Waals surface area contributed by atoms with Crippen LogP contribution in [0.5, 0.6) is 0 Å². The molecule has 0 aliphatic heterocycles. The summed E-state index contributed by atoms with van der Waals surface area (Å²) in [6.07, 6.45) is 3.53. The molecule has 3 nitrogen and oxygen atoms in total. The summed E-state index contributed by atoms with van der Waals surface area (Å²) in [5, 5.41) is 0. The van der Waals surface area contributed by atoms with E-state index in [1.54, 1.807) is 0 Å². The molecule has 0 spiro atoms. The predicted molar refractivity (Wildman–Crippen MR) is 79.4 cm³/mol. The van der Waals surface area contributed by atoms with Crippen LogP contribution in [-0.4, -0.2) is 28.4 Å². The Hall–Kier alpha value is -0.640. The molecule has 0 aromatic rings. The van der Waals surface area contributed by atoms with Crippen LogP contribution in [0.1, 0.15) is 53.4 Å². The smallest absolute Gasteiger partial charge is 0.223 e. The van der Waals surface area contributed by atoms with E-state index >= 15 is 0 Å². The van der Waals surface area contributed by atoms with Gasteiger partial charge in [-0.3, -0.25) is 4.79 Å². The monoisotopic (exact) mass is 270 g/mol. The number of amides is 1. The molecule has 0 bridgehead atoms. The first-order chi connectivity index (χ1) is 8.21. The van der Waals surface area contributed by atoms with E-state index in [1.165, 1.54) is 0 Å². The van der Waals surface area contributed by atoms with Crippen molar-refractivity contribution in [3.8, 4) is 0 Å². The third-order valence-corrected chi connectivity index (χ3v) is 4.07. The predicted octanol–water partition coefficient (Wildman–Crippen LogP) is 2.73. The summed E-state index contributed by atoms with van der Waals surface area (Å²) >= 11 is 4.89. The zero-order chi connectivity index (χ0) is 13.9. The molecule has 1 atom stereocenters. The Morgan fingerprint density at radius 3 is 2.39 bits per heavy atom. The van der Waals surface area contributed by atoms with E-state index in [4.69, 9.17) is 18.0 Å². The molecule has 0 radical (unpaired) electrons. The first-order valence-electron chi connectivity index (χ1n) is 6.79. The second-order valence-electron chi connectivity index (χ2n) is 6.51. The van der Waals surface area contributed by atoms with Crippen LogP contribution in [-0.2, 0) is 4.79 Å². The topological polar surface area (TPSA) is 46.3 Å². The lowest BCUT2D eigenvalue weighted by atomic mass is 9.80. The van der Waals surface area contributed by atoms with Crippen LogP contribution in [0.2, 0.25) is 0 Å². The van der Waals surface area contributed by atoms with E-state index in [1.807, 2.05) is 4.90 Å². The number of rotatable bonds is 6. The molecule has 104 valence electrons. The summed E-state index contributed by atoms with van der Waals surface area (Å²) in [5.74, 6) is 0.646.